The molecule has 0 radical (unpaired) electrons. The fraction of sp³-hybridized carbons (Fsp3) is 0.425. The highest BCUT2D eigenvalue weighted by molar-refractivity contribution is 7.87. The molecule has 2 fully saturated rings. The molecule has 8 rings (SSSR count). The van der Waals surface area contributed by atoms with Crippen molar-refractivity contribution in [2.75, 3.05) is 47.3 Å². The van der Waals surface area contributed by atoms with Crippen molar-refractivity contribution in [2.24, 2.45) is 13.0 Å². The Kier molecular flexibility index (Phi) is 10.7. The molecule has 14 heteroatoms. The van der Waals surface area contributed by atoms with Gasteiger partial charge in [-0.15, -0.1) is 0 Å². The quantitative estimate of drug-likeness (QED) is 0.231. The Balaban J connectivity index is 0.000000168. The molecule has 0 unspecified atom stereocenters. The molecule has 5 aromatic rings. The van der Waals surface area contributed by atoms with Crippen molar-refractivity contribution in [3.8, 4) is 0 Å². The number of carbonyl (C=O) groups is 1. The molecule has 2 aliphatic heterocycles. The molecule has 12 nitrogen and oxygen atoms in total. The molecule has 286 valence electrons. The smallest absolute Gasteiger partial charge is 0.328 e. The van der Waals surface area contributed by atoms with E-state index < -0.39 is 15.9 Å². The number of aromatic amines is 1. The van der Waals surface area contributed by atoms with E-state index in [1.165, 1.54) is 55.2 Å². The first-order valence-electron chi connectivity index (χ1n) is 18.5. The number of fused-ring (bicyclic) bond motifs is 3. The molecule has 2 saturated heterocycles. The van der Waals surface area contributed by atoms with Crippen molar-refractivity contribution in [3.63, 3.8) is 0 Å². The fourth-order valence-corrected chi connectivity index (χ4v) is 9.34. The molecule has 2 N–H and O–H groups in total. The van der Waals surface area contributed by atoms with Crippen LogP contribution in [-0.2, 0) is 30.2 Å². The number of halogens is 1. The maximum absolute atomic E-state index is 13.0. The summed E-state index contributed by atoms with van der Waals surface area (Å²) in [5.41, 5.74) is 4.43. The Morgan fingerprint density at radius 3 is 2.41 bits per heavy atom. The second-order valence-electron chi connectivity index (χ2n) is 15.1. The van der Waals surface area contributed by atoms with E-state index in [-0.39, 0.29) is 29.1 Å². The number of nitrogens with one attached hydrogen (secondary N) is 2. The number of para-hydroxylation sites is 1. The molecule has 0 saturated carbocycles. The average molecular weight is 758 g/mol. The summed E-state index contributed by atoms with van der Waals surface area (Å²) in [5.74, 6) is -0.0298. The van der Waals surface area contributed by atoms with E-state index in [9.17, 15) is 27.2 Å². The monoisotopic (exact) mass is 757 g/mol. The maximum Gasteiger partial charge on any atom is 0.328 e. The third kappa shape index (κ3) is 7.58. The van der Waals surface area contributed by atoms with Crippen LogP contribution < -0.4 is 16.0 Å². The number of rotatable bonds is 8. The number of likely N-dealkylation sites (N-methyl/N-ethyl adjacent to an activating group) is 1. The topological polar surface area (TPSA) is 133 Å². The van der Waals surface area contributed by atoms with Crippen molar-refractivity contribution in [3.05, 3.63) is 116 Å². The number of H-pyrrole nitrogens is 1. The summed E-state index contributed by atoms with van der Waals surface area (Å²) in [5, 5.41) is 1.87. The third-order valence-corrected chi connectivity index (χ3v) is 13.0. The first-order valence-corrected chi connectivity index (χ1v) is 20.0. The van der Waals surface area contributed by atoms with Gasteiger partial charge in [-0.3, -0.25) is 14.2 Å². The van der Waals surface area contributed by atoms with E-state index in [2.05, 4.69) is 62.6 Å². The number of hydrogen-bond acceptors (Lipinski definition) is 7. The summed E-state index contributed by atoms with van der Waals surface area (Å²) < 4.78 is 45.1. The van der Waals surface area contributed by atoms with Gasteiger partial charge >= 0.3 is 5.69 Å². The minimum Gasteiger partial charge on any atom is -0.350 e. The van der Waals surface area contributed by atoms with Gasteiger partial charge in [-0.2, -0.15) is 17.4 Å². The lowest BCUT2D eigenvalue weighted by molar-refractivity contribution is 0.0837. The van der Waals surface area contributed by atoms with Crippen LogP contribution in [0.2, 0.25) is 0 Å². The molecule has 2 aromatic heterocycles. The predicted octanol–water partition coefficient (Wildman–Crippen LogP) is 3.71. The number of benzene rings is 3. The van der Waals surface area contributed by atoms with Crippen LogP contribution in [0.3, 0.4) is 0 Å². The van der Waals surface area contributed by atoms with Gasteiger partial charge in [-0.25, -0.2) is 9.18 Å². The Bertz CT molecular complexity index is 2400. The lowest BCUT2D eigenvalue weighted by Crippen LogP contribution is -2.56. The van der Waals surface area contributed by atoms with Crippen LogP contribution in [0.25, 0.3) is 21.8 Å². The van der Waals surface area contributed by atoms with Crippen molar-refractivity contribution in [2.45, 2.75) is 50.2 Å². The number of Topliss-reactive ketones (excluding diaryl/α,β-unsaturated/α-hetero) is 1. The summed E-state index contributed by atoms with van der Waals surface area (Å²) >= 11 is 0. The zero-order valence-electron chi connectivity index (χ0n) is 31.2. The van der Waals surface area contributed by atoms with Gasteiger partial charge in [0.25, 0.3) is 15.8 Å². The number of aromatic nitrogens is 3. The number of carbonyl (C=O) groups excluding carboxylic acids is 1. The summed E-state index contributed by atoms with van der Waals surface area (Å²) in [7, 11) is 3.93. The van der Waals surface area contributed by atoms with Crippen LogP contribution in [-0.4, -0.2) is 102 Å². The van der Waals surface area contributed by atoms with E-state index in [1.54, 1.807) is 38.4 Å². The fourth-order valence-electron chi connectivity index (χ4n) is 8.53. The highest BCUT2D eigenvalue weighted by Gasteiger charge is 2.40. The number of likely N-dealkylation sites (tertiary alicyclic amines) is 2. The SMILES string of the molecule is CN1C[C@@H](NS(=O)(=O)N(C)C)C[C@@H]2c3cccc4c3c(cn4C)C[C@H]21.O=C(c1ccc(F)cc1)C1CCN(CCn2c(=O)[nH]c3ccccc3c2=O)CC1. The maximum atomic E-state index is 13.0. The number of hydrogen-bond donors (Lipinski definition) is 2. The molecule has 3 atom stereocenters. The average Bonchev–Trinajstić information content (AvgIpc) is 3.48. The molecule has 4 heterocycles. The Labute approximate surface area is 314 Å². The lowest BCUT2D eigenvalue weighted by Gasteiger charge is -2.45. The van der Waals surface area contributed by atoms with Gasteiger partial charge in [-0.1, -0.05) is 24.3 Å². The number of ketones is 1. The number of nitrogens with zero attached hydrogens (tertiary/aromatic N) is 5. The Morgan fingerprint density at radius 1 is 0.963 bits per heavy atom. The van der Waals surface area contributed by atoms with Crippen LogP contribution in [0.1, 0.15) is 46.7 Å². The second-order valence-corrected chi connectivity index (χ2v) is 17.0. The van der Waals surface area contributed by atoms with Crippen molar-refractivity contribution in [1.29, 1.82) is 0 Å². The van der Waals surface area contributed by atoms with Gasteiger partial charge in [-0.05, 0) is 99.4 Å². The zero-order chi connectivity index (χ0) is 38.3. The molecule has 0 spiro atoms. The second kappa shape index (κ2) is 15.3. The minimum atomic E-state index is -3.41. The zero-order valence-corrected chi connectivity index (χ0v) is 32.0. The van der Waals surface area contributed by atoms with Gasteiger partial charge in [0.05, 0.1) is 10.9 Å². The van der Waals surface area contributed by atoms with Crippen molar-refractivity contribution >= 4 is 37.8 Å². The standard InChI is InChI=1S/C22H22FN3O3.C18H26N4O2S/c23-17-7-5-15(6-8-17)20(27)16-9-11-25(12-10-16)13-14-26-21(28)18-3-1-2-4-19(18)24-22(26)29;1-20(2)25(23,24)19-13-9-15-14-6-5-7-16-18(14)12(10-21(16)3)8-17(15)22(4)11-13/h1-8,16H,9-14H2,(H,24,29);5-7,10,13,15,17,19H,8-9,11H2,1-4H3/t;13-,15+,17+/m.0/s1. The normalized spacial score (nSPS) is 20.9. The van der Waals surface area contributed by atoms with E-state index in [0.29, 0.717) is 54.4 Å². The lowest BCUT2D eigenvalue weighted by atomic mass is 9.74. The van der Waals surface area contributed by atoms with E-state index in [4.69, 9.17) is 0 Å². The van der Waals surface area contributed by atoms with Crippen LogP contribution in [0.4, 0.5) is 4.39 Å². The van der Waals surface area contributed by atoms with E-state index in [0.717, 1.165) is 32.5 Å². The molecular weight excluding hydrogens is 710 g/mol. The van der Waals surface area contributed by atoms with Crippen molar-refractivity contribution in [1.82, 2.24) is 32.9 Å². The molecule has 54 heavy (non-hydrogen) atoms. The molecule has 3 aliphatic rings. The number of piperidine rings is 2. The molecular formula is C40H48FN7O5S. The van der Waals surface area contributed by atoms with E-state index in [1.807, 2.05) is 0 Å². The number of aryl methyl sites for hydroxylation is 1. The molecule has 0 bridgehead atoms. The highest BCUT2D eigenvalue weighted by atomic mass is 32.2. The van der Waals surface area contributed by atoms with Gasteiger partial charge in [0, 0.05) is 87.4 Å². The third-order valence-electron chi connectivity index (χ3n) is 11.4. The summed E-state index contributed by atoms with van der Waals surface area (Å²) in [6, 6.07) is 19.5. The van der Waals surface area contributed by atoms with Crippen molar-refractivity contribution < 1.29 is 17.6 Å². The predicted molar refractivity (Wildman–Crippen MR) is 209 cm³/mol. The summed E-state index contributed by atoms with van der Waals surface area (Å²) in [4.78, 5) is 44.7. The van der Waals surface area contributed by atoms with Gasteiger partial charge in [0.15, 0.2) is 5.78 Å². The minimum absolute atomic E-state index is 0.0480. The Hall–Kier alpha value is -4.47. The van der Waals surface area contributed by atoms with Crippen LogP contribution in [0.5, 0.6) is 0 Å². The summed E-state index contributed by atoms with van der Waals surface area (Å²) in [6.45, 7) is 3.05. The molecule has 3 aromatic carbocycles. The van der Waals surface area contributed by atoms with Crippen LogP contribution >= 0.6 is 0 Å². The first-order chi connectivity index (χ1) is 25.8. The van der Waals surface area contributed by atoms with Gasteiger partial charge < -0.3 is 19.4 Å². The first kappa shape index (κ1) is 37.8. The largest absolute Gasteiger partial charge is 0.350 e. The van der Waals surface area contributed by atoms with Crippen LogP contribution in [0, 0.1) is 11.7 Å². The highest BCUT2D eigenvalue weighted by Crippen LogP contribution is 2.43. The van der Waals surface area contributed by atoms with Gasteiger partial charge in [0.2, 0.25) is 0 Å². The summed E-state index contributed by atoms with van der Waals surface area (Å²) in [6.07, 6.45) is 5.54. The van der Waals surface area contributed by atoms with Gasteiger partial charge in [0.1, 0.15) is 5.82 Å². The Morgan fingerprint density at radius 2 is 1.69 bits per heavy atom. The molecule has 0 amide bonds. The van der Waals surface area contributed by atoms with E-state index >= 15 is 0 Å². The van der Waals surface area contributed by atoms with Crippen LogP contribution in [0.15, 0.2) is 82.5 Å². The molecule has 1 aliphatic carbocycles.